The van der Waals surface area contributed by atoms with Gasteiger partial charge in [-0.25, -0.2) is 9.59 Å². The van der Waals surface area contributed by atoms with Gasteiger partial charge in [-0.3, -0.25) is 0 Å². The first kappa shape index (κ1) is 43.8. The largest absolute Gasteiger partial charge is 0.459 e. The minimum absolute atomic E-state index is 0.0718. The summed E-state index contributed by atoms with van der Waals surface area (Å²) in [4.78, 5) is 30.3. The van der Waals surface area contributed by atoms with Gasteiger partial charge < -0.3 is 42.6 Å². The number of fused-ring (bicyclic) bond motifs is 3. The number of hydrogen-bond acceptors (Lipinski definition) is 12. The van der Waals surface area contributed by atoms with E-state index in [0.29, 0.717) is 11.1 Å². The molecule has 6 aromatic carbocycles. The van der Waals surface area contributed by atoms with Crippen molar-refractivity contribution in [3.8, 4) is 0 Å². The van der Waals surface area contributed by atoms with Crippen molar-refractivity contribution in [1.82, 2.24) is 0 Å². The average Bonchev–Trinajstić information content (AvgIpc) is 3.80. The zero-order valence-corrected chi connectivity index (χ0v) is 35.2. The number of hydrogen-bond donors (Lipinski definition) is 0. The maximum absolute atomic E-state index is 13.6. The second kappa shape index (κ2) is 21.0. The van der Waals surface area contributed by atoms with Crippen LogP contribution in [0, 0.1) is 0 Å². The van der Waals surface area contributed by atoms with Gasteiger partial charge in [0.2, 0.25) is 0 Å². The zero-order valence-electron chi connectivity index (χ0n) is 35.2. The van der Waals surface area contributed by atoms with E-state index in [1.165, 1.54) is 0 Å². The Balaban J connectivity index is 1.06. The molecule has 14 nitrogen and oxygen atoms in total. The summed E-state index contributed by atoms with van der Waals surface area (Å²) in [6.07, 6.45) is -9.11. The molecule has 3 aliphatic heterocycles. The minimum Gasteiger partial charge on any atom is -0.459 e. The van der Waals surface area contributed by atoms with Crippen molar-refractivity contribution in [3.05, 3.63) is 202 Å². The van der Waals surface area contributed by atoms with Gasteiger partial charge in [-0.05, 0) is 63.3 Å². The third-order valence-electron chi connectivity index (χ3n) is 11.6. The number of carbonyl (C=O) groups excluding carboxylic acids is 2. The van der Waals surface area contributed by atoms with E-state index in [0.717, 1.165) is 27.5 Å². The van der Waals surface area contributed by atoms with Crippen LogP contribution in [-0.4, -0.2) is 86.5 Å². The maximum atomic E-state index is 13.6. The highest BCUT2D eigenvalue weighted by atomic mass is 16.8. The molecule has 0 spiro atoms. The number of rotatable bonds is 17. The Hall–Kier alpha value is -6.45. The molecule has 0 radical (unpaired) electrons. The molecule has 3 fully saturated rings. The van der Waals surface area contributed by atoms with Crippen LogP contribution in [0.2, 0.25) is 0 Å². The van der Waals surface area contributed by atoms with E-state index in [1.807, 2.05) is 103 Å². The molecule has 0 unspecified atom stereocenters. The molecule has 6 aromatic rings. The molecule has 0 aromatic heterocycles. The predicted octanol–water partition coefficient (Wildman–Crippen LogP) is 8.52. The smallest absolute Gasteiger partial charge is 0.338 e. The van der Waals surface area contributed by atoms with Crippen LogP contribution in [0.4, 0.5) is 0 Å². The summed E-state index contributed by atoms with van der Waals surface area (Å²) in [7, 11) is 0. The highest BCUT2D eigenvalue weighted by Crippen LogP contribution is 2.38. The predicted molar refractivity (Wildman–Crippen MR) is 236 cm³/mol. The Bertz CT molecular complexity index is 2550. The maximum Gasteiger partial charge on any atom is 0.338 e. The van der Waals surface area contributed by atoms with E-state index < -0.39 is 73.3 Å². The van der Waals surface area contributed by atoms with Gasteiger partial charge in [0.1, 0.15) is 49.3 Å². The Morgan fingerprint density at radius 1 is 0.585 bits per heavy atom. The summed E-state index contributed by atoms with van der Waals surface area (Å²) in [5.41, 5.74) is 13.4. The lowest BCUT2D eigenvalue weighted by molar-refractivity contribution is -0.326. The molecule has 332 valence electrons. The fourth-order valence-electron chi connectivity index (χ4n) is 8.32. The number of carbonyl (C=O) groups is 2. The third-order valence-corrected chi connectivity index (χ3v) is 11.6. The van der Waals surface area contributed by atoms with Crippen LogP contribution < -0.4 is 0 Å². The van der Waals surface area contributed by atoms with E-state index in [1.54, 1.807) is 60.7 Å². The summed E-state index contributed by atoms with van der Waals surface area (Å²) in [5.74, 6) is -1.19. The fraction of sp³-hybridized carbons (Fsp3) is 0.294. The third kappa shape index (κ3) is 10.6. The van der Waals surface area contributed by atoms with Crippen molar-refractivity contribution in [2.45, 2.75) is 81.2 Å². The second-order valence-corrected chi connectivity index (χ2v) is 15.9. The van der Waals surface area contributed by atoms with Gasteiger partial charge in [0.25, 0.3) is 0 Å². The molecule has 10 atom stereocenters. The quantitative estimate of drug-likeness (QED) is 0.0373. The highest BCUT2D eigenvalue weighted by Gasteiger charge is 2.57. The van der Waals surface area contributed by atoms with Crippen LogP contribution >= 0.6 is 0 Å². The summed E-state index contributed by atoms with van der Waals surface area (Å²) < 4.78 is 58.2. The molecule has 0 aliphatic carbocycles. The van der Waals surface area contributed by atoms with Crippen LogP contribution in [0.3, 0.4) is 0 Å². The van der Waals surface area contributed by atoms with E-state index in [2.05, 4.69) is 10.0 Å². The van der Waals surface area contributed by atoms with Gasteiger partial charge in [0.05, 0.1) is 37.6 Å². The zero-order chi connectivity index (χ0) is 44.4. The normalized spacial score (nSPS) is 25.9. The van der Waals surface area contributed by atoms with Gasteiger partial charge >= 0.3 is 11.9 Å². The van der Waals surface area contributed by atoms with Crippen LogP contribution in [0.15, 0.2) is 169 Å². The molecule has 0 N–H and O–H groups in total. The second-order valence-electron chi connectivity index (χ2n) is 15.9. The van der Waals surface area contributed by atoms with Gasteiger partial charge in [-0.1, -0.05) is 139 Å². The first-order valence-electron chi connectivity index (χ1n) is 21.5. The van der Waals surface area contributed by atoms with Crippen LogP contribution in [-0.2, 0) is 62.5 Å². The number of azide groups is 1. The Morgan fingerprint density at radius 2 is 1.15 bits per heavy atom. The van der Waals surface area contributed by atoms with E-state index >= 15 is 0 Å². The van der Waals surface area contributed by atoms with Crippen LogP contribution in [0.25, 0.3) is 21.2 Å². The molecule has 3 heterocycles. The minimum atomic E-state index is -1.35. The SMILES string of the molecule is [N-]=[N+]=N[C@H]1[C@@H](O[C@@H]2[C@@H](OCc3ccccc3)[C@@H](OC(=O)c3ccccc3)[C@@H]3OC[C@@H]2O3)O[C@H](COC(=O)c2ccccc2)[C@@H](OCc2ccc3ccccc3c2)[C@@H]1OCc1ccccc1. The Kier molecular flexibility index (Phi) is 14.2. The van der Waals surface area contributed by atoms with Crippen LogP contribution in [0.5, 0.6) is 0 Å². The van der Waals surface area contributed by atoms with E-state index in [-0.39, 0.29) is 33.0 Å². The molecule has 9 rings (SSSR count). The molecule has 65 heavy (non-hydrogen) atoms. The highest BCUT2D eigenvalue weighted by molar-refractivity contribution is 5.90. The summed E-state index contributed by atoms with van der Waals surface area (Å²) in [6.45, 7) is 0.129. The molecule has 0 saturated carbocycles. The van der Waals surface area contributed by atoms with Gasteiger partial charge in [0.15, 0.2) is 18.7 Å². The summed E-state index contributed by atoms with van der Waals surface area (Å²) >= 11 is 0. The Labute approximate surface area is 375 Å². The Morgan fingerprint density at radius 3 is 1.82 bits per heavy atom. The van der Waals surface area contributed by atoms with Crippen molar-refractivity contribution in [1.29, 1.82) is 0 Å². The van der Waals surface area contributed by atoms with Crippen molar-refractivity contribution >= 4 is 22.7 Å². The molecular formula is C51H47N3O11. The molecule has 0 amide bonds. The lowest BCUT2D eigenvalue weighted by Crippen LogP contribution is -2.64. The summed E-state index contributed by atoms with van der Waals surface area (Å²) in [5, 5.41) is 6.36. The van der Waals surface area contributed by atoms with Crippen molar-refractivity contribution in [2.75, 3.05) is 13.2 Å². The molecule has 3 saturated heterocycles. The van der Waals surface area contributed by atoms with Gasteiger partial charge in [-0.2, -0.15) is 0 Å². The van der Waals surface area contributed by atoms with Crippen molar-refractivity contribution in [2.24, 2.45) is 5.11 Å². The number of ether oxygens (including phenoxy) is 9. The number of benzene rings is 6. The first-order valence-corrected chi connectivity index (χ1v) is 21.5. The fourth-order valence-corrected chi connectivity index (χ4v) is 8.32. The average molecular weight is 878 g/mol. The summed E-state index contributed by atoms with van der Waals surface area (Å²) in [6, 6.07) is 49.1. The van der Waals surface area contributed by atoms with E-state index in [4.69, 9.17) is 42.6 Å². The number of esters is 2. The van der Waals surface area contributed by atoms with Gasteiger partial charge in [0, 0.05) is 4.91 Å². The first-order chi connectivity index (χ1) is 32.0. The number of nitrogens with zero attached hydrogens (tertiary/aromatic N) is 3. The molecule has 3 aliphatic rings. The van der Waals surface area contributed by atoms with Crippen molar-refractivity contribution < 1.29 is 52.2 Å². The monoisotopic (exact) mass is 877 g/mol. The molecular weight excluding hydrogens is 831 g/mol. The van der Waals surface area contributed by atoms with Gasteiger partial charge in [-0.15, -0.1) is 0 Å². The lowest BCUT2D eigenvalue weighted by atomic mass is 9.95. The van der Waals surface area contributed by atoms with Crippen molar-refractivity contribution in [3.63, 3.8) is 0 Å². The lowest BCUT2D eigenvalue weighted by Gasteiger charge is -2.47. The molecule has 2 bridgehead atoms. The topological polar surface area (TPSA) is 166 Å². The van der Waals surface area contributed by atoms with E-state index in [9.17, 15) is 15.1 Å². The standard InChI is InChI=1S/C51H47N3O11/c52-54-53-42-45(58-28-33-15-5-1-6-16-33)43(57-30-35-25-26-36-19-13-14-24-39(36)27-35)40(31-60-48(55)37-20-9-3-10-21-37)62-50(42)65-44-41-32-61-51(63-41)47(64-49(56)38-22-11-4-12-23-38)46(44)59-29-34-17-7-2-8-18-34/h1-27,40-47,50-51H,28-32H2/t40-,41+,42-,43-,44+,45-,46-,47-,50-,51-/m1/s1. The van der Waals surface area contributed by atoms with Crippen LogP contribution in [0.1, 0.15) is 37.4 Å². The molecule has 14 heteroatoms.